The maximum absolute atomic E-state index is 9.63. The molecule has 2 unspecified atom stereocenters. The molecular formula is C11H25NO. The van der Waals surface area contributed by atoms with Gasteiger partial charge in [-0.3, -0.25) is 0 Å². The zero-order valence-corrected chi connectivity index (χ0v) is 9.51. The Kier molecular flexibility index (Phi) is 5.57. The van der Waals surface area contributed by atoms with E-state index in [9.17, 15) is 5.11 Å². The minimum Gasteiger partial charge on any atom is -0.393 e. The predicted molar refractivity (Wildman–Crippen MR) is 57.5 cm³/mol. The van der Waals surface area contributed by atoms with Crippen LogP contribution in [0.4, 0.5) is 0 Å². The second-order valence-corrected chi connectivity index (χ2v) is 4.42. The van der Waals surface area contributed by atoms with Crippen LogP contribution in [0.15, 0.2) is 0 Å². The van der Waals surface area contributed by atoms with Gasteiger partial charge in [0.2, 0.25) is 0 Å². The van der Waals surface area contributed by atoms with Gasteiger partial charge in [-0.05, 0) is 19.3 Å². The third-order valence-corrected chi connectivity index (χ3v) is 3.38. The quantitative estimate of drug-likeness (QED) is 0.669. The molecule has 0 amide bonds. The van der Waals surface area contributed by atoms with E-state index in [-0.39, 0.29) is 11.5 Å². The van der Waals surface area contributed by atoms with Gasteiger partial charge in [-0.15, -0.1) is 0 Å². The van der Waals surface area contributed by atoms with Crippen molar-refractivity contribution in [1.29, 1.82) is 0 Å². The second-order valence-electron chi connectivity index (χ2n) is 4.42. The van der Waals surface area contributed by atoms with E-state index in [1.165, 1.54) is 12.8 Å². The minimum absolute atomic E-state index is 0.101. The molecule has 0 fully saturated rings. The topological polar surface area (TPSA) is 46.2 Å². The van der Waals surface area contributed by atoms with E-state index in [1.807, 2.05) is 6.92 Å². The molecule has 0 heterocycles. The first-order valence-corrected chi connectivity index (χ1v) is 5.38. The van der Waals surface area contributed by atoms with E-state index in [4.69, 9.17) is 5.73 Å². The molecular weight excluding hydrogens is 162 g/mol. The van der Waals surface area contributed by atoms with Gasteiger partial charge in [0, 0.05) is 12.0 Å². The van der Waals surface area contributed by atoms with Gasteiger partial charge in [-0.1, -0.05) is 33.6 Å². The van der Waals surface area contributed by atoms with Gasteiger partial charge in [-0.25, -0.2) is 0 Å². The smallest absolute Gasteiger partial charge is 0.0577 e. The Labute approximate surface area is 82.5 Å². The molecule has 0 saturated carbocycles. The van der Waals surface area contributed by atoms with Crippen LogP contribution in [0.5, 0.6) is 0 Å². The minimum atomic E-state index is -0.307. The highest BCUT2D eigenvalue weighted by molar-refractivity contribution is 4.82. The summed E-state index contributed by atoms with van der Waals surface area (Å²) >= 11 is 0. The Bertz CT molecular complexity index is 132. The molecule has 0 aliphatic carbocycles. The molecule has 80 valence electrons. The van der Waals surface area contributed by atoms with E-state index in [2.05, 4.69) is 20.8 Å². The third kappa shape index (κ3) is 3.65. The Morgan fingerprint density at radius 2 is 1.77 bits per heavy atom. The fourth-order valence-corrected chi connectivity index (χ4v) is 1.66. The molecule has 2 heteroatoms. The van der Waals surface area contributed by atoms with Crippen LogP contribution in [-0.4, -0.2) is 17.8 Å². The standard InChI is InChI=1S/C11H25NO/c1-5-10(6-2)7-11(4,8-12)9(3)13/h9-10,13H,5-8,12H2,1-4H3. The number of rotatable bonds is 6. The largest absolute Gasteiger partial charge is 0.393 e. The molecule has 3 N–H and O–H groups in total. The summed E-state index contributed by atoms with van der Waals surface area (Å²) in [7, 11) is 0. The second kappa shape index (κ2) is 5.61. The van der Waals surface area contributed by atoms with Gasteiger partial charge in [-0.2, -0.15) is 0 Å². The highest BCUT2D eigenvalue weighted by atomic mass is 16.3. The number of nitrogens with two attached hydrogens (primary N) is 1. The summed E-state index contributed by atoms with van der Waals surface area (Å²) in [5.41, 5.74) is 5.61. The summed E-state index contributed by atoms with van der Waals surface area (Å²) in [6.07, 6.45) is 3.09. The predicted octanol–water partition coefficient (Wildman–Crippen LogP) is 2.16. The first-order chi connectivity index (χ1) is 6.00. The number of aliphatic hydroxyl groups is 1. The lowest BCUT2D eigenvalue weighted by Crippen LogP contribution is -2.39. The van der Waals surface area contributed by atoms with E-state index in [1.54, 1.807) is 0 Å². The van der Waals surface area contributed by atoms with Gasteiger partial charge in [0.15, 0.2) is 0 Å². The van der Waals surface area contributed by atoms with Crippen LogP contribution in [0, 0.1) is 11.3 Å². The summed E-state index contributed by atoms with van der Waals surface area (Å²) in [6, 6.07) is 0. The van der Waals surface area contributed by atoms with Crippen LogP contribution in [0.2, 0.25) is 0 Å². The maximum atomic E-state index is 9.63. The summed E-state index contributed by atoms with van der Waals surface area (Å²) in [5.74, 6) is 0.697. The molecule has 0 aliphatic heterocycles. The van der Waals surface area contributed by atoms with Crippen molar-refractivity contribution in [2.24, 2.45) is 17.1 Å². The van der Waals surface area contributed by atoms with Crippen molar-refractivity contribution in [1.82, 2.24) is 0 Å². The highest BCUT2D eigenvalue weighted by Crippen LogP contribution is 2.31. The SMILES string of the molecule is CCC(CC)CC(C)(CN)C(C)O. The van der Waals surface area contributed by atoms with Crippen molar-refractivity contribution in [2.45, 2.75) is 53.1 Å². The van der Waals surface area contributed by atoms with Crippen molar-refractivity contribution < 1.29 is 5.11 Å². The summed E-state index contributed by atoms with van der Waals surface area (Å²) in [5, 5.41) is 9.63. The van der Waals surface area contributed by atoms with Gasteiger partial charge < -0.3 is 10.8 Å². The van der Waals surface area contributed by atoms with Crippen molar-refractivity contribution >= 4 is 0 Å². The van der Waals surface area contributed by atoms with Crippen LogP contribution in [0.1, 0.15) is 47.0 Å². The number of hydrogen-bond acceptors (Lipinski definition) is 2. The monoisotopic (exact) mass is 187 g/mol. The van der Waals surface area contributed by atoms with Crippen LogP contribution >= 0.6 is 0 Å². The van der Waals surface area contributed by atoms with Gasteiger partial charge >= 0.3 is 0 Å². The fraction of sp³-hybridized carbons (Fsp3) is 1.00. The Hall–Kier alpha value is -0.0800. The van der Waals surface area contributed by atoms with Crippen LogP contribution < -0.4 is 5.73 Å². The van der Waals surface area contributed by atoms with Crippen LogP contribution in [-0.2, 0) is 0 Å². The fourth-order valence-electron chi connectivity index (χ4n) is 1.66. The third-order valence-electron chi connectivity index (χ3n) is 3.38. The lowest BCUT2D eigenvalue weighted by Gasteiger charge is -2.34. The maximum Gasteiger partial charge on any atom is 0.0577 e. The molecule has 0 aromatic carbocycles. The Balaban J connectivity index is 4.24. The normalized spacial score (nSPS) is 18.7. The molecule has 0 saturated heterocycles. The average Bonchev–Trinajstić information content (AvgIpc) is 2.13. The van der Waals surface area contributed by atoms with Crippen LogP contribution in [0.25, 0.3) is 0 Å². The molecule has 0 aromatic rings. The molecule has 0 radical (unpaired) electrons. The van der Waals surface area contributed by atoms with Gasteiger partial charge in [0.1, 0.15) is 0 Å². The number of hydrogen-bond donors (Lipinski definition) is 2. The summed E-state index contributed by atoms with van der Waals surface area (Å²) < 4.78 is 0. The molecule has 0 aromatic heterocycles. The average molecular weight is 187 g/mol. The van der Waals surface area contributed by atoms with E-state index >= 15 is 0 Å². The summed E-state index contributed by atoms with van der Waals surface area (Å²) in [4.78, 5) is 0. The molecule has 2 nitrogen and oxygen atoms in total. The molecule has 0 spiro atoms. The molecule has 0 aliphatic rings. The Morgan fingerprint density at radius 3 is 2.00 bits per heavy atom. The highest BCUT2D eigenvalue weighted by Gasteiger charge is 2.30. The molecule has 13 heavy (non-hydrogen) atoms. The van der Waals surface area contributed by atoms with Gasteiger partial charge in [0.25, 0.3) is 0 Å². The van der Waals surface area contributed by atoms with Crippen molar-refractivity contribution in [3.05, 3.63) is 0 Å². The van der Waals surface area contributed by atoms with Crippen LogP contribution in [0.3, 0.4) is 0 Å². The number of aliphatic hydroxyl groups excluding tert-OH is 1. The lowest BCUT2D eigenvalue weighted by atomic mass is 9.75. The molecule has 0 bridgehead atoms. The van der Waals surface area contributed by atoms with Gasteiger partial charge in [0.05, 0.1) is 6.10 Å². The van der Waals surface area contributed by atoms with E-state index in [0.717, 1.165) is 6.42 Å². The van der Waals surface area contributed by atoms with Crippen molar-refractivity contribution in [2.75, 3.05) is 6.54 Å². The van der Waals surface area contributed by atoms with Crippen molar-refractivity contribution in [3.63, 3.8) is 0 Å². The molecule has 2 atom stereocenters. The lowest BCUT2D eigenvalue weighted by molar-refractivity contribution is 0.0380. The zero-order valence-electron chi connectivity index (χ0n) is 9.51. The Morgan fingerprint density at radius 1 is 1.31 bits per heavy atom. The van der Waals surface area contributed by atoms with Crippen molar-refractivity contribution in [3.8, 4) is 0 Å². The molecule has 0 rings (SSSR count). The van der Waals surface area contributed by atoms with E-state index < -0.39 is 0 Å². The first-order valence-electron chi connectivity index (χ1n) is 5.38. The first kappa shape index (κ1) is 12.9. The summed E-state index contributed by atoms with van der Waals surface area (Å²) in [6.45, 7) is 8.90. The van der Waals surface area contributed by atoms with E-state index in [0.29, 0.717) is 12.5 Å². The zero-order chi connectivity index (χ0) is 10.5.